The van der Waals surface area contributed by atoms with E-state index >= 15 is 0 Å². The summed E-state index contributed by atoms with van der Waals surface area (Å²) in [4.78, 5) is 26.2. The van der Waals surface area contributed by atoms with Gasteiger partial charge in [0.2, 0.25) is 11.8 Å². The molecule has 4 aromatic rings. The molecule has 14 heteroatoms. The number of carbonyl (C=O) groups excluding carboxylic acids is 2. The summed E-state index contributed by atoms with van der Waals surface area (Å²) < 4.78 is 33.7. The molecule has 0 spiro atoms. The van der Waals surface area contributed by atoms with E-state index in [4.69, 9.17) is 9.84 Å². The molecular formula is C32H37F2N7O5. The molecule has 1 aromatic heterocycles. The first-order valence-corrected chi connectivity index (χ1v) is 14.6. The molecule has 0 radical (unpaired) electrons. The third-order valence-corrected chi connectivity index (χ3v) is 7.13. The van der Waals surface area contributed by atoms with E-state index in [0.29, 0.717) is 5.82 Å². The fourth-order valence-electron chi connectivity index (χ4n) is 4.63. The second-order valence-corrected chi connectivity index (χ2v) is 11.3. The number of H-pyrrole nitrogens is 1. The average molecular weight is 638 g/mol. The highest BCUT2D eigenvalue weighted by atomic mass is 19.1. The Hall–Kier alpha value is -4.63. The zero-order valence-electron chi connectivity index (χ0n) is 25.5. The van der Waals surface area contributed by atoms with Gasteiger partial charge in [-0.2, -0.15) is 0 Å². The van der Waals surface area contributed by atoms with Crippen molar-refractivity contribution in [2.24, 2.45) is 0 Å². The van der Waals surface area contributed by atoms with Crippen LogP contribution < -0.4 is 16.0 Å². The predicted octanol–water partition coefficient (Wildman–Crippen LogP) is 2.24. The molecule has 12 nitrogen and oxygen atoms in total. The highest BCUT2D eigenvalue weighted by Crippen LogP contribution is 2.29. The summed E-state index contributed by atoms with van der Waals surface area (Å²) in [6, 6.07) is 17.4. The fourth-order valence-corrected chi connectivity index (χ4v) is 4.63. The third-order valence-electron chi connectivity index (χ3n) is 7.13. The Balaban J connectivity index is 1.41. The molecule has 1 heterocycles. The quantitative estimate of drug-likeness (QED) is 0.108. The van der Waals surface area contributed by atoms with E-state index in [-0.39, 0.29) is 31.7 Å². The summed E-state index contributed by atoms with van der Waals surface area (Å²) >= 11 is 0. The van der Waals surface area contributed by atoms with Crippen LogP contribution in [0.5, 0.6) is 0 Å². The van der Waals surface area contributed by atoms with Crippen LogP contribution in [0.25, 0.3) is 22.5 Å². The zero-order valence-corrected chi connectivity index (χ0v) is 25.5. The summed E-state index contributed by atoms with van der Waals surface area (Å²) in [6.07, 6.45) is -1.08. The van der Waals surface area contributed by atoms with E-state index in [9.17, 15) is 23.5 Å². The number of aliphatic hydroxyl groups excluding tert-OH is 2. The van der Waals surface area contributed by atoms with Crippen LogP contribution in [0.4, 0.5) is 8.78 Å². The lowest BCUT2D eigenvalue weighted by Gasteiger charge is -2.28. The fraction of sp³-hybridized carbons (Fsp3) is 0.344. The number of nitrogens with one attached hydrogen (secondary N) is 4. The molecule has 0 saturated heterocycles. The Labute approximate surface area is 264 Å². The van der Waals surface area contributed by atoms with Gasteiger partial charge in [-0.3, -0.25) is 9.59 Å². The number of aromatic amines is 1. The van der Waals surface area contributed by atoms with Crippen molar-refractivity contribution < 1.29 is 33.3 Å². The molecule has 0 aliphatic rings. The molecule has 4 rings (SSSR count). The van der Waals surface area contributed by atoms with Gasteiger partial charge in [-0.25, -0.2) is 13.9 Å². The second kappa shape index (κ2) is 16.1. The lowest BCUT2D eigenvalue weighted by Crippen LogP contribution is -2.52. The molecule has 0 bridgehead atoms. The monoisotopic (exact) mass is 637 g/mol. The average Bonchev–Trinajstić information content (AvgIpc) is 3.58. The van der Waals surface area contributed by atoms with E-state index in [0.717, 1.165) is 34.4 Å². The lowest BCUT2D eigenvalue weighted by atomic mass is 9.98. The first-order valence-electron chi connectivity index (χ1n) is 14.6. The Morgan fingerprint density at radius 1 is 1.00 bits per heavy atom. The van der Waals surface area contributed by atoms with Crippen LogP contribution in [0, 0.1) is 11.6 Å². The molecule has 0 aliphatic carbocycles. The highest BCUT2D eigenvalue weighted by Gasteiger charge is 2.27. The number of tetrazole rings is 1. The number of hydrogen-bond donors (Lipinski definition) is 6. The SMILES string of the molecule is CC(C)(CC(=O)N[C@H](COCc1c(F)cccc1F)C(=O)NCc1ccc(-c2ccccc2-c2nnn[nH]2)cc1)NC[C@H](O)CO. The number of aromatic nitrogens is 4. The van der Waals surface area contributed by atoms with Gasteiger partial charge in [0.15, 0.2) is 5.82 Å². The maximum Gasteiger partial charge on any atom is 0.245 e. The Bertz CT molecular complexity index is 1570. The molecule has 244 valence electrons. The van der Waals surface area contributed by atoms with E-state index in [1.54, 1.807) is 13.8 Å². The molecule has 0 saturated carbocycles. The number of benzene rings is 3. The molecule has 46 heavy (non-hydrogen) atoms. The molecule has 2 atom stereocenters. The van der Waals surface area contributed by atoms with Gasteiger partial charge in [-0.15, -0.1) is 5.10 Å². The van der Waals surface area contributed by atoms with Crippen molar-refractivity contribution in [3.8, 4) is 22.5 Å². The smallest absolute Gasteiger partial charge is 0.245 e. The van der Waals surface area contributed by atoms with Gasteiger partial charge >= 0.3 is 0 Å². The number of aliphatic hydroxyl groups is 2. The number of halogens is 2. The summed E-state index contributed by atoms with van der Waals surface area (Å²) in [5.74, 6) is -2.10. The number of β-amino-alcohol motifs (C(OH)–C–C–N with tert-alkyl or cyclic N) is 1. The first-order chi connectivity index (χ1) is 22.1. The molecule has 6 N–H and O–H groups in total. The van der Waals surface area contributed by atoms with Gasteiger partial charge < -0.3 is 30.9 Å². The van der Waals surface area contributed by atoms with Crippen LogP contribution in [0.1, 0.15) is 31.4 Å². The number of rotatable bonds is 16. The van der Waals surface area contributed by atoms with Crippen LogP contribution in [-0.2, 0) is 27.5 Å². The standard InChI is InChI=1S/C32H37F2N7O5/c1-32(2,36-16-22(43)17-42)14-29(44)37-28(19-46-18-25-26(33)8-5-9-27(25)34)31(45)35-15-20-10-12-21(13-11-20)23-6-3-4-7-24(23)30-38-40-41-39-30/h3-13,22,28,36,42-43H,14-19H2,1-2H3,(H,35,45)(H,37,44)(H,38,39,40,41)/t22-,28+/m0/s1. The summed E-state index contributed by atoms with van der Waals surface area (Å²) in [6.45, 7) is 2.41. The van der Waals surface area contributed by atoms with Crippen molar-refractivity contribution in [2.75, 3.05) is 19.8 Å². The zero-order chi connectivity index (χ0) is 33.1. The highest BCUT2D eigenvalue weighted by molar-refractivity contribution is 5.88. The van der Waals surface area contributed by atoms with Crippen molar-refractivity contribution >= 4 is 11.8 Å². The van der Waals surface area contributed by atoms with Gasteiger partial charge in [0.25, 0.3) is 0 Å². The molecule has 0 unspecified atom stereocenters. The number of carbonyl (C=O) groups is 2. The van der Waals surface area contributed by atoms with E-state index in [1.165, 1.54) is 6.07 Å². The predicted molar refractivity (Wildman–Crippen MR) is 165 cm³/mol. The van der Waals surface area contributed by atoms with E-state index < -0.39 is 54.3 Å². The summed E-state index contributed by atoms with van der Waals surface area (Å²) in [7, 11) is 0. The van der Waals surface area contributed by atoms with Gasteiger partial charge in [-0.1, -0.05) is 54.6 Å². The Morgan fingerprint density at radius 3 is 2.35 bits per heavy atom. The van der Waals surface area contributed by atoms with Crippen LogP contribution in [0.2, 0.25) is 0 Å². The van der Waals surface area contributed by atoms with Crippen molar-refractivity contribution in [1.82, 2.24) is 36.6 Å². The maximum absolute atomic E-state index is 14.1. The number of amides is 2. The lowest BCUT2D eigenvalue weighted by molar-refractivity contribution is -0.131. The van der Waals surface area contributed by atoms with Gasteiger partial charge in [0.1, 0.15) is 17.7 Å². The van der Waals surface area contributed by atoms with Crippen LogP contribution >= 0.6 is 0 Å². The summed E-state index contributed by atoms with van der Waals surface area (Å²) in [5, 5.41) is 41.2. The minimum Gasteiger partial charge on any atom is -0.394 e. The van der Waals surface area contributed by atoms with Crippen molar-refractivity contribution in [1.29, 1.82) is 0 Å². The van der Waals surface area contributed by atoms with Gasteiger partial charge in [0.05, 0.1) is 25.9 Å². The summed E-state index contributed by atoms with van der Waals surface area (Å²) in [5.41, 5.74) is 2.34. The van der Waals surface area contributed by atoms with Gasteiger partial charge in [-0.05, 0) is 53.1 Å². The third kappa shape index (κ3) is 9.68. The largest absolute Gasteiger partial charge is 0.394 e. The van der Waals surface area contributed by atoms with Crippen molar-refractivity contribution in [3.05, 3.63) is 89.5 Å². The molecule has 2 amide bonds. The Morgan fingerprint density at radius 2 is 1.70 bits per heavy atom. The Kier molecular flexibility index (Phi) is 12.0. The van der Waals surface area contributed by atoms with Gasteiger partial charge in [0, 0.05) is 36.2 Å². The van der Waals surface area contributed by atoms with Crippen LogP contribution in [0.3, 0.4) is 0 Å². The minimum atomic E-state index is -1.18. The van der Waals surface area contributed by atoms with E-state index in [2.05, 4.69) is 36.6 Å². The van der Waals surface area contributed by atoms with Crippen LogP contribution in [0.15, 0.2) is 66.7 Å². The number of hydrogen-bond acceptors (Lipinski definition) is 9. The van der Waals surface area contributed by atoms with E-state index in [1.807, 2.05) is 48.5 Å². The first kappa shape index (κ1) is 34.2. The maximum atomic E-state index is 14.1. The second-order valence-electron chi connectivity index (χ2n) is 11.3. The molecule has 0 aliphatic heterocycles. The molecular weight excluding hydrogens is 600 g/mol. The normalized spacial score (nSPS) is 12.8. The van der Waals surface area contributed by atoms with Crippen LogP contribution in [-0.4, -0.2) is 80.1 Å². The molecule has 0 fully saturated rings. The molecule has 3 aromatic carbocycles. The van der Waals surface area contributed by atoms with Crippen molar-refractivity contribution in [3.63, 3.8) is 0 Å². The topological polar surface area (TPSA) is 174 Å². The van der Waals surface area contributed by atoms with Crippen molar-refractivity contribution in [2.45, 2.75) is 51.1 Å². The number of nitrogens with zero attached hydrogens (tertiary/aromatic N) is 3. The minimum absolute atomic E-state index is 0.0552. The number of ether oxygens (including phenoxy) is 1.